The summed E-state index contributed by atoms with van der Waals surface area (Å²) in [5.74, 6) is -0.858. The van der Waals surface area contributed by atoms with Crippen LogP contribution in [0.25, 0.3) is 0 Å². The number of rotatable bonds is 7. The lowest BCUT2D eigenvalue weighted by Crippen LogP contribution is -2.57. The van der Waals surface area contributed by atoms with Crippen LogP contribution in [0.1, 0.15) is 44.2 Å². The number of benzene rings is 2. The van der Waals surface area contributed by atoms with Crippen molar-refractivity contribution >= 4 is 23.4 Å². The van der Waals surface area contributed by atoms with E-state index >= 15 is 0 Å². The van der Waals surface area contributed by atoms with Crippen molar-refractivity contribution in [1.29, 1.82) is 0 Å². The number of nitrogens with zero attached hydrogens (tertiary/aromatic N) is 1. The van der Waals surface area contributed by atoms with Crippen molar-refractivity contribution < 1.29 is 23.9 Å². The Morgan fingerprint density at radius 1 is 1.10 bits per heavy atom. The highest BCUT2D eigenvalue weighted by Gasteiger charge is 2.72. The Labute approximate surface area is 241 Å². The van der Waals surface area contributed by atoms with Crippen LogP contribution in [-0.2, 0) is 25.7 Å². The molecule has 3 aliphatic heterocycles. The number of methoxy groups -OCH3 is 1. The monoisotopic (exact) mass is 557 g/mol. The van der Waals surface area contributed by atoms with Crippen molar-refractivity contribution in [2.24, 2.45) is 23.7 Å². The number of carbonyl (C=O) groups excluding carboxylic acids is 3. The lowest BCUT2D eigenvalue weighted by Gasteiger charge is -2.38. The second-order valence-corrected chi connectivity index (χ2v) is 12.2. The van der Waals surface area contributed by atoms with Crippen molar-refractivity contribution in [1.82, 2.24) is 10.2 Å². The van der Waals surface area contributed by atoms with Crippen molar-refractivity contribution in [2.45, 2.75) is 70.4 Å². The standard InChI is InChI=1S/C33H39N3O5/c1-19-9-7-12-23(17-19)34-30(37)27-26-15-16-33(41-26)28(27)32(39)36(18-22-11-5-6-14-25(22)40-4)29(33)31(38)35-24-13-8-10-20(2)21(24)3/h5-7,9,11-12,14-17,20-21,24,26-29H,8,10,13,18H2,1-4H3,(H,34,37)(H,35,38). The first-order valence-corrected chi connectivity index (χ1v) is 14.7. The summed E-state index contributed by atoms with van der Waals surface area (Å²) in [6.07, 6.45) is 6.23. The van der Waals surface area contributed by atoms with E-state index in [2.05, 4.69) is 24.5 Å². The highest BCUT2D eigenvalue weighted by Crippen LogP contribution is 2.55. The van der Waals surface area contributed by atoms with Crippen molar-refractivity contribution in [2.75, 3.05) is 12.4 Å². The summed E-state index contributed by atoms with van der Waals surface area (Å²) >= 11 is 0. The van der Waals surface area contributed by atoms with Gasteiger partial charge in [-0.15, -0.1) is 0 Å². The molecule has 2 aromatic carbocycles. The molecule has 6 rings (SSSR count). The first kappa shape index (κ1) is 27.5. The zero-order valence-corrected chi connectivity index (χ0v) is 24.1. The lowest BCUT2D eigenvalue weighted by atomic mass is 9.73. The molecule has 8 heteroatoms. The van der Waals surface area contributed by atoms with Crippen LogP contribution in [0.3, 0.4) is 0 Å². The van der Waals surface area contributed by atoms with Gasteiger partial charge < -0.3 is 25.0 Å². The molecule has 216 valence electrons. The third-order valence-electron chi connectivity index (χ3n) is 9.78. The molecule has 3 amide bonds. The molecule has 2 aromatic rings. The van der Waals surface area contributed by atoms with Gasteiger partial charge in [0.15, 0.2) is 0 Å². The summed E-state index contributed by atoms with van der Waals surface area (Å²) in [6.45, 7) is 6.55. The van der Waals surface area contributed by atoms with Crippen molar-refractivity contribution in [3.63, 3.8) is 0 Å². The fraction of sp³-hybridized carbons (Fsp3) is 0.485. The van der Waals surface area contributed by atoms with Gasteiger partial charge in [0.1, 0.15) is 17.4 Å². The first-order valence-electron chi connectivity index (χ1n) is 14.7. The number of carbonyl (C=O) groups is 3. The maximum absolute atomic E-state index is 14.3. The molecule has 41 heavy (non-hydrogen) atoms. The summed E-state index contributed by atoms with van der Waals surface area (Å²) in [5, 5.41) is 6.31. The fourth-order valence-electron chi connectivity index (χ4n) is 7.45. The summed E-state index contributed by atoms with van der Waals surface area (Å²) in [5.41, 5.74) is 1.26. The van der Waals surface area contributed by atoms with Gasteiger partial charge in [0, 0.05) is 17.3 Å². The highest BCUT2D eigenvalue weighted by atomic mass is 16.5. The Morgan fingerprint density at radius 2 is 1.90 bits per heavy atom. The van der Waals surface area contributed by atoms with Crippen LogP contribution in [0, 0.1) is 30.6 Å². The lowest BCUT2D eigenvalue weighted by molar-refractivity contribution is -0.142. The van der Waals surface area contributed by atoms with E-state index in [-0.39, 0.29) is 30.3 Å². The number of ether oxygens (including phenoxy) is 2. The number of hydrogen-bond acceptors (Lipinski definition) is 5. The Morgan fingerprint density at radius 3 is 2.68 bits per heavy atom. The van der Waals surface area contributed by atoms with Gasteiger partial charge in [-0.05, 0) is 48.9 Å². The van der Waals surface area contributed by atoms with E-state index in [0.717, 1.165) is 30.4 Å². The number of para-hydroxylation sites is 1. The van der Waals surface area contributed by atoms with Crippen LogP contribution in [0.15, 0.2) is 60.7 Å². The average molecular weight is 558 g/mol. The number of amides is 3. The minimum atomic E-state index is -1.22. The molecule has 1 aliphatic carbocycles. The molecule has 2 N–H and O–H groups in total. The van der Waals surface area contributed by atoms with Crippen molar-refractivity contribution in [3.8, 4) is 5.75 Å². The first-order chi connectivity index (χ1) is 19.7. The van der Waals surface area contributed by atoms with E-state index in [1.807, 2.05) is 67.6 Å². The van der Waals surface area contributed by atoms with Gasteiger partial charge in [0.25, 0.3) is 0 Å². The normalized spacial score (nSPS) is 33.5. The van der Waals surface area contributed by atoms with E-state index in [4.69, 9.17) is 9.47 Å². The summed E-state index contributed by atoms with van der Waals surface area (Å²) in [7, 11) is 1.59. The Balaban J connectivity index is 1.35. The van der Waals surface area contributed by atoms with Gasteiger partial charge in [-0.25, -0.2) is 0 Å². The van der Waals surface area contributed by atoms with Crippen LogP contribution < -0.4 is 15.4 Å². The van der Waals surface area contributed by atoms with E-state index < -0.39 is 29.6 Å². The highest BCUT2D eigenvalue weighted by molar-refractivity contribution is 6.02. The molecule has 0 radical (unpaired) electrons. The Bertz CT molecular complexity index is 1390. The third kappa shape index (κ3) is 4.62. The SMILES string of the molecule is COc1ccccc1CN1C(=O)C2C(C(=O)Nc3cccc(C)c3)C3C=CC2(O3)C1C(=O)NC1CCCC(C)C1C. The van der Waals surface area contributed by atoms with Gasteiger partial charge in [-0.1, -0.05) is 69.2 Å². The Hall–Kier alpha value is -3.65. The van der Waals surface area contributed by atoms with Gasteiger partial charge in [-0.2, -0.15) is 0 Å². The molecule has 8 atom stereocenters. The maximum atomic E-state index is 14.3. The van der Waals surface area contributed by atoms with Crippen molar-refractivity contribution in [3.05, 3.63) is 71.8 Å². The smallest absolute Gasteiger partial charge is 0.246 e. The number of aryl methyl sites for hydroxylation is 1. The fourth-order valence-corrected chi connectivity index (χ4v) is 7.45. The summed E-state index contributed by atoms with van der Waals surface area (Å²) in [6, 6.07) is 14.2. The molecule has 3 heterocycles. The van der Waals surface area contributed by atoms with Crippen LogP contribution >= 0.6 is 0 Å². The van der Waals surface area contributed by atoms with E-state index in [1.54, 1.807) is 12.0 Å². The molecular weight excluding hydrogens is 518 g/mol. The maximum Gasteiger partial charge on any atom is 0.246 e. The molecule has 1 spiro atoms. The minimum absolute atomic E-state index is 0.0212. The van der Waals surface area contributed by atoms with E-state index in [1.165, 1.54) is 0 Å². The van der Waals surface area contributed by atoms with Gasteiger partial charge in [0.05, 0.1) is 31.6 Å². The predicted octanol–water partition coefficient (Wildman–Crippen LogP) is 4.23. The Kier molecular flexibility index (Phi) is 7.14. The van der Waals surface area contributed by atoms with E-state index in [0.29, 0.717) is 23.3 Å². The number of likely N-dealkylation sites (tertiary alicyclic amines) is 1. The zero-order valence-electron chi connectivity index (χ0n) is 24.1. The number of anilines is 1. The molecule has 1 saturated carbocycles. The van der Waals surface area contributed by atoms with Crippen LogP contribution in [-0.4, -0.2) is 53.5 Å². The number of nitrogens with one attached hydrogen (secondary N) is 2. The molecule has 2 bridgehead atoms. The van der Waals surface area contributed by atoms with Crippen LogP contribution in [0.2, 0.25) is 0 Å². The molecule has 3 fully saturated rings. The third-order valence-corrected chi connectivity index (χ3v) is 9.78. The number of hydrogen-bond donors (Lipinski definition) is 2. The molecule has 0 aromatic heterocycles. The number of fused-ring (bicyclic) bond motifs is 1. The van der Waals surface area contributed by atoms with Gasteiger partial charge in [0.2, 0.25) is 17.7 Å². The summed E-state index contributed by atoms with van der Waals surface area (Å²) < 4.78 is 12.1. The molecule has 2 saturated heterocycles. The van der Waals surface area contributed by atoms with Gasteiger partial charge in [-0.3, -0.25) is 14.4 Å². The topological polar surface area (TPSA) is 97.0 Å². The van der Waals surface area contributed by atoms with Crippen LogP contribution in [0.4, 0.5) is 5.69 Å². The minimum Gasteiger partial charge on any atom is -0.496 e. The summed E-state index contributed by atoms with van der Waals surface area (Å²) in [4.78, 5) is 43.9. The van der Waals surface area contributed by atoms with Crippen LogP contribution in [0.5, 0.6) is 5.75 Å². The van der Waals surface area contributed by atoms with E-state index in [9.17, 15) is 14.4 Å². The second-order valence-electron chi connectivity index (χ2n) is 12.2. The second kappa shape index (κ2) is 10.6. The quantitative estimate of drug-likeness (QED) is 0.497. The predicted molar refractivity (Wildman–Crippen MR) is 155 cm³/mol. The molecule has 8 unspecified atom stereocenters. The molecule has 8 nitrogen and oxygen atoms in total. The zero-order chi connectivity index (χ0) is 28.9. The largest absolute Gasteiger partial charge is 0.496 e. The average Bonchev–Trinajstić information content (AvgIpc) is 3.59. The van der Waals surface area contributed by atoms with Gasteiger partial charge >= 0.3 is 0 Å². The molecule has 4 aliphatic rings. The molecular formula is C33H39N3O5.